The number of benzene rings is 2. The van der Waals surface area contributed by atoms with Gasteiger partial charge in [0.05, 0.1) is 26.5 Å². The summed E-state index contributed by atoms with van der Waals surface area (Å²) in [6.45, 7) is 0. The van der Waals surface area contributed by atoms with E-state index in [1.165, 1.54) is 42.7 Å². The van der Waals surface area contributed by atoms with Crippen LogP contribution in [0.4, 0.5) is 23.7 Å². The Labute approximate surface area is 198 Å². The van der Waals surface area contributed by atoms with Crippen molar-refractivity contribution in [2.24, 2.45) is 0 Å². The zero-order valence-electron chi connectivity index (χ0n) is 16.6. The van der Waals surface area contributed by atoms with Crippen molar-refractivity contribution in [3.05, 3.63) is 81.2 Å². The van der Waals surface area contributed by atoms with Crippen molar-refractivity contribution in [1.82, 2.24) is 14.3 Å². The number of nitrogens with zero attached hydrogens (tertiary/aromatic N) is 2. The maximum atomic E-state index is 13.0. The molecule has 0 fully saturated rings. The highest BCUT2D eigenvalue weighted by molar-refractivity contribution is 7.92. The van der Waals surface area contributed by atoms with Gasteiger partial charge < -0.3 is 5.32 Å². The zero-order chi connectivity index (χ0) is 24.7. The lowest BCUT2D eigenvalue weighted by Gasteiger charge is -2.11. The number of rotatable bonds is 4. The van der Waals surface area contributed by atoms with Gasteiger partial charge >= 0.3 is 12.2 Å². The van der Waals surface area contributed by atoms with Gasteiger partial charge in [-0.25, -0.2) is 22.9 Å². The standard InChI is InChI=1S/C20H12ClF3N4O4S2/c21-16-7-8-17(33-16)34(31,32)27-19(30)26-12-2-4-13(5-3-12)28-10-25-15-6-1-11(20(22,23)24)9-14(15)18(28)29/h1-10H,(H2,26,27,30). The number of halogens is 4. The van der Waals surface area contributed by atoms with Crippen LogP contribution in [0.3, 0.4) is 0 Å². The maximum Gasteiger partial charge on any atom is 0.416 e. The Morgan fingerprint density at radius 1 is 1.06 bits per heavy atom. The van der Waals surface area contributed by atoms with Crippen molar-refractivity contribution >= 4 is 55.6 Å². The third-order valence-electron chi connectivity index (χ3n) is 4.53. The molecule has 2 aromatic carbocycles. The number of carbonyl (C=O) groups excluding carboxylic acids is 1. The molecular weight excluding hydrogens is 517 g/mol. The summed E-state index contributed by atoms with van der Waals surface area (Å²) in [5.41, 5.74) is -1.11. The number of hydrogen-bond acceptors (Lipinski definition) is 6. The van der Waals surface area contributed by atoms with Crippen molar-refractivity contribution in [1.29, 1.82) is 0 Å². The second kappa shape index (κ2) is 8.74. The number of sulfonamides is 1. The van der Waals surface area contributed by atoms with Crippen LogP contribution in [0.25, 0.3) is 16.6 Å². The zero-order valence-corrected chi connectivity index (χ0v) is 19.0. The van der Waals surface area contributed by atoms with Crippen LogP contribution in [0.1, 0.15) is 5.56 Å². The SMILES string of the molecule is O=C(Nc1ccc(-n2cnc3ccc(C(F)(F)F)cc3c2=O)cc1)NS(=O)(=O)c1ccc(Cl)s1. The van der Waals surface area contributed by atoms with Gasteiger partial charge in [-0.2, -0.15) is 13.2 Å². The molecule has 2 N–H and O–H groups in total. The molecule has 0 bridgehead atoms. The fourth-order valence-electron chi connectivity index (χ4n) is 2.96. The van der Waals surface area contributed by atoms with E-state index >= 15 is 0 Å². The van der Waals surface area contributed by atoms with Gasteiger partial charge in [-0.3, -0.25) is 9.36 Å². The second-order valence-electron chi connectivity index (χ2n) is 6.81. The number of fused-ring (bicyclic) bond motifs is 1. The smallest absolute Gasteiger partial charge is 0.307 e. The van der Waals surface area contributed by atoms with Crippen LogP contribution in [-0.4, -0.2) is 24.0 Å². The van der Waals surface area contributed by atoms with Gasteiger partial charge in [-0.1, -0.05) is 11.6 Å². The third-order valence-corrected chi connectivity index (χ3v) is 7.58. The molecule has 4 rings (SSSR count). The van der Waals surface area contributed by atoms with Crippen LogP contribution in [-0.2, 0) is 16.2 Å². The largest absolute Gasteiger partial charge is 0.416 e. The molecule has 34 heavy (non-hydrogen) atoms. The highest BCUT2D eigenvalue weighted by Gasteiger charge is 2.31. The Morgan fingerprint density at radius 3 is 2.38 bits per heavy atom. The molecule has 176 valence electrons. The summed E-state index contributed by atoms with van der Waals surface area (Å²) in [7, 11) is -4.11. The summed E-state index contributed by atoms with van der Waals surface area (Å²) < 4.78 is 66.4. The Balaban J connectivity index is 1.55. The molecule has 0 aliphatic rings. The van der Waals surface area contributed by atoms with Crippen LogP contribution in [0.5, 0.6) is 0 Å². The topological polar surface area (TPSA) is 110 Å². The number of amides is 2. The van der Waals surface area contributed by atoms with Crippen LogP contribution < -0.4 is 15.6 Å². The highest BCUT2D eigenvalue weighted by atomic mass is 35.5. The average Bonchev–Trinajstić information content (AvgIpc) is 3.21. The number of thiophene rings is 1. The lowest BCUT2D eigenvalue weighted by molar-refractivity contribution is -0.137. The van der Waals surface area contributed by atoms with Crippen LogP contribution in [0.15, 0.2) is 69.9 Å². The summed E-state index contributed by atoms with van der Waals surface area (Å²) in [6, 6.07) is 9.89. The number of carbonyl (C=O) groups is 1. The molecule has 0 saturated carbocycles. The quantitative estimate of drug-likeness (QED) is 0.401. The Hall–Kier alpha value is -3.42. The normalized spacial score (nSPS) is 12.0. The van der Waals surface area contributed by atoms with Crippen molar-refractivity contribution < 1.29 is 26.4 Å². The predicted molar refractivity (Wildman–Crippen MR) is 121 cm³/mol. The minimum Gasteiger partial charge on any atom is -0.307 e. The molecule has 14 heteroatoms. The van der Waals surface area contributed by atoms with Gasteiger partial charge in [-0.05, 0) is 54.6 Å². The molecule has 0 spiro atoms. The first-order chi connectivity index (χ1) is 15.9. The minimum absolute atomic E-state index is 0.109. The van der Waals surface area contributed by atoms with Crippen molar-refractivity contribution in [2.75, 3.05) is 5.32 Å². The fraction of sp³-hybridized carbons (Fsp3) is 0.0500. The number of urea groups is 1. The van der Waals surface area contributed by atoms with Gasteiger partial charge in [0.1, 0.15) is 10.5 Å². The first-order valence-corrected chi connectivity index (χ1v) is 11.9. The lowest BCUT2D eigenvalue weighted by atomic mass is 10.1. The Bertz CT molecular complexity index is 1570. The van der Waals surface area contributed by atoms with E-state index in [1.54, 1.807) is 0 Å². The molecule has 2 aromatic heterocycles. The highest BCUT2D eigenvalue weighted by Crippen LogP contribution is 2.30. The molecule has 8 nitrogen and oxygen atoms in total. The van der Waals surface area contributed by atoms with E-state index in [4.69, 9.17) is 11.6 Å². The van der Waals surface area contributed by atoms with Gasteiger partial charge in [0.25, 0.3) is 15.6 Å². The number of hydrogen-bond donors (Lipinski definition) is 2. The summed E-state index contributed by atoms with van der Waals surface area (Å²) in [5.74, 6) is 0. The monoisotopic (exact) mass is 528 g/mol. The summed E-state index contributed by atoms with van der Waals surface area (Å²) in [6.07, 6.45) is -3.44. The van der Waals surface area contributed by atoms with E-state index in [9.17, 15) is 31.2 Å². The van der Waals surface area contributed by atoms with Crippen molar-refractivity contribution in [2.45, 2.75) is 10.4 Å². The summed E-state index contributed by atoms with van der Waals surface area (Å²) >= 11 is 6.50. The van der Waals surface area contributed by atoms with E-state index in [0.29, 0.717) is 0 Å². The molecule has 0 aliphatic carbocycles. The van der Waals surface area contributed by atoms with Gasteiger partial charge in [0.15, 0.2) is 0 Å². The van der Waals surface area contributed by atoms with Gasteiger partial charge in [0.2, 0.25) is 0 Å². The van der Waals surface area contributed by atoms with Crippen molar-refractivity contribution in [3.63, 3.8) is 0 Å². The Morgan fingerprint density at radius 2 is 1.76 bits per heavy atom. The van der Waals surface area contributed by atoms with Crippen LogP contribution >= 0.6 is 22.9 Å². The summed E-state index contributed by atoms with van der Waals surface area (Å²) in [4.78, 5) is 28.9. The number of anilines is 1. The fourth-order valence-corrected chi connectivity index (χ4v) is 5.35. The van der Waals surface area contributed by atoms with E-state index in [-0.39, 0.29) is 30.8 Å². The first kappa shape index (κ1) is 23.7. The molecule has 0 radical (unpaired) electrons. The van der Waals surface area contributed by atoms with Crippen LogP contribution in [0, 0.1) is 0 Å². The predicted octanol–water partition coefficient (Wildman–Crippen LogP) is 4.63. The summed E-state index contributed by atoms with van der Waals surface area (Å²) in [5, 5.41) is 2.13. The van der Waals surface area contributed by atoms with Gasteiger partial charge in [0, 0.05) is 5.69 Å². The second-order valence-corrected chi connectivity index (χ2v) is 10.4. The molecule has 2 heterocycles. The first-order valence-electron chi connectivity index (χ1n) is 9.22. The molecule has 2 amide bonds. The van der Waals surface area contributed by atoms with E-state index < -0.39 is 33.4 Å². The molecule has 0 saturated heterocycles. The lowest BCUT2D eigenvalue weighted by Crippen LogP contribution is -2.33. The third kappa shape index (κ3) is 4.90. The average molecular weight is 529 g/mol. The van der Waals surface area contributed by atoms with E-state index in [2.05, 4.69) is 10.3 Å². The van der Waals surface area contributed by atoms with Crippen molar-refractivity contribution in [3.8, 4) is 5.69 Å². The Kier molecular flexibility index (Phi) is 6.10. The number of nitrogens with one attached hydrogen (secondary N) is 2. The van der Waals surface area contributed by atoms with Gasteiger partial charge in [-0.15, -0.1) is 11.3 Å². The maximum absolute atomic E-state index is 13.0. The van der Waals surface area contributed by atoms with E-state index in [1.807, 2.05) is 4.72 Å². The van der Waals surface area contributed by atoms with E-state index in [0.717, 1.165) is 34.1 Å². The number of aromatic nitrogens is 2. The molecule has 4 aromatic rings. The minimum atomic E-state index is -4.61. The molecular formula is C20H12ClF3N4O4S2. The van der Waals surface area contributed by atoms with Crippen LogP contribution in [0.2, 0.25) is 4.34 Å². The molecule has 0 aliphatic heterocycles. The number of alkyl halides is 3. The molecule has 0 unspecified atom stereocenters. The molecule has 0 atom stereocenters.